The maximum atomic E-state index is 6.13. The molecule has 0 atom stereocenters. The topological polar surface area (TPSA) is 26.0 Å². The summed E-state index contributed by atoms with van der Waals surface area (Å²) in [5, 5.41) is 1.76. The van der Waals surface area contributed by atoms with Crippen molar-refractivity contribution in [2.45, 2.75) is 20.0 Å². The van der Waals surface area contributed by atoms with E-state index in [2.05, 4.69) is 18.1 Å². The van der Waals surface area contributed by atoms with E-state index in [1.807, 2.05) is 13.0 Å². The summed E-state index contributed by atoms with van der Waals surface area (Å²) < 4.78 is 5.71. The first-order valence-electron chi connectivity index (χ1n) is 4.64. The number of pyridine rings is 1. The van der Waals surface area contributed by atoms with Gasteiger partial charge in [0.05, 0.1) is 10.4 Å². The molecule has 2 rings (SSSR count). The van der Waals surface area contributed by atoms with Gasteiger partial charge in [-0.2, -0.15) is 0 Å². The molecule has 2 nitrogen and oxygen atoms in total. The third-order valence-electron chi connectivity index (χ3n) is 2.24. The van der Waals surface area contributed by atoms with Crippen LogP contribution in [0, 0.1) is 6.92 Å². The van der Waals surface area contributed by atoms with Crippen molar-refractivity contribution in [3.63, 3.8) is 0 Å². The Morgan fingerprint density at radius 2 is 2.14 bits per heavy atom. The molecule has 0 aliphatic carbocycles. The van der Waals surface area contributed by atoms with Crippen LogP contribution < -0.4 is 5.38 Å². The minimum absolute atomic E-state index is 0.691. The largest absolute Gasteiger partial charge is 0.463 e. The average molecular weight is 226 g/mol. The molecule has 2 heterocycles. The molecule has 0 bridgehead atoms. The van der Waals surface area contributed by atoms with E-state index >= 15 is 0 Å². The second kappa shape index (κ2) is 3.40. The Hall–Kier alpha value is -0.803. The molecule has 0 aliphatic rings. The Morgan fingerprint density at radius 3 is 2.79 bits per heavy atom. The van der Waals surface area contributed by atoms with Crippen molar-refractivity contribution in [3.8, 4) is 0 Å². The number of nitrogens with zero attached hydrogens (tertiary/aromatic N) is 1. The minimum atomic E-state index is -0.906. The highest BCUT2D eigenvalue weighted by molar-refractivity contribution is 6.69. The summed E-state index contributed by atoms with van der Waals surface area (Å²) in [4.78, 5) is 4.29. The van der Waals surface area contributed by atoms with Crippen LogP contribution in [0.4, 0.5) is 0 Å². The minimum Gasteiger partial charge on any atom is -0.463 e. The molecular formula is C10H12ClNOSi. The predicted molar refractivity (Wildman–Crippen MR) is 62.3 cm³/mol. The third-order valence-corrected chi connectivity index (χ3v) is 4.14. The molecule has 0 fully saturated rings. The monoisotopic (exact) mass is 225 g/mol. The van der Waals surface area contributed by atoms with Crippen molar-refractivity contribution < 1.29 is 4.42 Å². The summed E-state index contributed by atoms with van der Waals surface area (Å²) in [6.45, 7) is 6.38. The molecule has 74 valence electrons. The molecule has 0 amide bonds. The van der Waals surface area contributed by atoms with Gasteiger partial charge in [-0.25, -0.2) is 0 Å². The van der Waals surface area contributed by atoms with Crippen LogP contribution in [-0.4, -0.2) is 13.8 Å². The van der Waals surface area contributed by atoms with Crippen molar-refractivity contribution in [2.24, 2.45) is 0 Å². The van der Waals surface area contributed by atoms with Crippen molar-refractivity contribution in [3.05, 3.63) is 22.8 Å². The van der Waals surface area contributed by atoms with Crippen molar-refractivity contribution in [1.29, 1.82) is 0 Å². The van der Waals surface area contributed by atoms with E-state index in [4.69, 9.17) is 16.0 Å². The normalized spacial score (nSPS) is 11.5. The summed E-state index contributed by atoms with van der Waals surface area (Å²) in [6, 6.07) is 2.01. The van der Waals surface area contributed by atoms with Crippen LogP contribution in [0.3, 0.4) is 0 Å². The zero-order chi connectivity index (χ0) is 10.3. The lowest BCUT2D eigenvalue weighted by molar-refractivity contribution is 0.649. The van der Waals surface area contributed by atoms with Crippen molar-refractivity contribution >= 4 is 36.9 Å². The van der Waals surface area contributed by atoms with Gasteiger partial charge in [0.25, 0.3) is 0 Å². The molecule has 4 heteroatoms. The van der Waals surface area contributed by atoms with Crippen LogP contribution in [0.15, 0.2) is 16.7 Å². The van der Waals surface area contributed by atoms with Crippen molar-refractivity contribution in [2.75, 3.05) is 0 Å². The molecule has 2 aromatic rings. The standard InChI is InChI=1S/C10H12ClNOSi/c1-6-5-12-7-4-8(14(2)3)13-10(7)9(6)11/h4-5,14H,1-3H3. The van der Waals surface area contributed by atoms with Crippen molar-refractivity contribution in [1.82, 2.24) is 4.98 Å². The van der Waals surface area contributed by atoms with Gasteiger partial charge in [-0.15, -0.1) is 0 Å². The van der Waals surface area contributed by atoms with Gasteiger partial charge in [-0.1, -0.05) is 24.7 Å². The van der Waals surface area contributed by atoms with Gasteiger partial charge in [-0.05, 0) is 12.5 Å². The fraction of sp³-hybridized carbons (Fsp3) is 0.300. The maximum absolute atomic E-state index is 6.13. The summed E-state index contributed by atoms with van der Waals surface area (Å²) in [5.41, 5.74) is 2.57. The van der Waals surface area contributed by atoms with Crippen LogP contribution in [0.5, 0.6) is 0 Å². The number of hydrogen-bond acceptors (Lipinski definition) is 2. The number of aromatic nitrogens is 1. The fourth-order valence-corrected chi connectivity index (χ4v) is 2.37. The van der Waals surface area contributed by atoms with Crippen LogP contribution in [0.25, 0.3) is 11.1 Å². The van der Waals surface area contributed by atoms with E-state index in [-0.39, 0.29) is 0 Å². The number of hydrogen-bond donors (Lipinski definition) is 0. The van der Waals surface area contributed by atoms with E-state index in [0.717, 1.165) is 22.0 Å². The summed E-state index contributed by atoms with van der Waals surface area (Å²) >= 11 is 6.13. The third kappa shape index (κ3) is 1.46. The molecule has 0 aromatic carbocycles. The highest BCUT2D eigenvalue weighted by atomic mass is 35.5. The lowest BCUT2D eigenvalue weighted by atomic mass is 10.3. The summed E-state index contributed by atoms with van der Waals surface area (Å²) in [6.07, 6.45) is 1.78. The SMILES string of the molecule is Cc1cnc2cc([SiH](C)C)oc2c1Cl. The van der Waals surface area contributed by atoms with Gasteiger partial charge in [0.15, 0.2) is 5.58 Å². The van der Waals surface area contributed by atoms with Gasteiger partial charge in [0.1, 0.15) is 14.3 Å². The van der Waals surface area contributed by atoms with Gasteiger partial charge in [-0.3, -0.25) is 4.98 Å². The molecule has 0 aliphatic heterocycles. The lowest BCUT2D eigenvalue weighted by Gasteiger charge is -1.96. The van der Waals surface area contributed by atoms with E-state index in [1.54, 1.807) is 6.20 Å². The van der Waals surface area contributed by atoms with Gasteiger partial charge in [0, 0.05) is 12.3 Å². The number of halogens is 1. The molecule has 0 unspecified atom stereocenters. The number of rotatable bonds is 1. The summed E-state index contributed by atoms with van der Waals surface area (Å²) in [7, 11) is -0.906. The molecular weight excluding hydrogens is 214 g/mol. The zero-order valence-corrected chi connectivity index (χ0v) is 10.4. The Morgan fingerprint density at radius 1 is 1.43 bits per heavy atom. The lowest BCUT2D eigenvalue weighted by Crippen LogP contribution is -2.19. The first-order valence-corrected chi connectivity index (χ1v) is 7.90. The van der Waals surface area contributed by atoms with Crippen LogP contribution in [-0.2, 0) is 0 Å². The van der Waals surface area contributed by atoms with Crippen LogP contribution >= 0.6 is 11.6 Å². The van der Waals surface area contributed by atoms with Gasteiger partial charge < -0.3 is 4.42 Å². The number of fused-ring (bicyclic) bond motifs is 1. The van der Waals surface area contributed by atoms with Crippen LogP contribution in [0.2, 0.25) is 18.1 Å². The van der Waals surface area contributed by atoms with E-state index in [0.29, 0.717) is 5.02 Å². The molecule has 0 saturated heterocycles. The maximum Gasteiger partial charge on any atom is 0.170 e. The van der Waals surface area contributed by atoms with Gasteiger partial charge >= 0.3 is 0 Å². The van der Waals surface area contributed by atoms with Gasteiger partial charge in [0.2, 0.25) is 0 Å². The number of aryl methyl sites for hydroxylation is 1. The zero-order valence-electron chi connectivity index (χ0n) is 8.47. The highest BCUT2D eigenvalue weighted by Crippen LogP contribution is 2.24. The average Bonchev–Trinajstić information content (AvgIpc) is 2.56. The first kappa shape index (κ1) is 9.74. The fourth-order valence-electron chi connectivity index (χ4n) is 1.34. The van der Waals surface area contributed by atoms with E-state index in [1.165, 1.54) is 0 Å². The Kier molecular flexibility index (Phi) is 2.37. The molecule has 2 aromatic heterocycles. The second-order valence-electron chi connectivity index (χ2n) is 3.77. The molecule has 0 N–H and O–H groups in total. The highest BCUT2D eigenvalue weighted by Gasteiger charge is 2.12. The second-order valence-corrected chi connectivity index (χ2v) is 7.03. The Labute approximate surface area is 89.5 Å². The molecule has 0 radical (unpaired) electrons. The molecule has 14 heavy (non-hydrogen) atoms. The Bertz CT molecular complexity index is 478. The molecule has 0 spiro atoms. The Balaban J connectivity index is 2.71. The van der Waals surface area contributed by atoms with E-state index < -0.39 is 8.80 Å². The number of furan rings is 1. The molecule has 0 saturated carbocycles. The first-order chi connectivity index (χ1) is 6.59. The summed E-state index contributed by atoms with van der Waals surface area (Å²) in [5.74, 6) is 0. The quantitative estimate of drug-likeness (QED) is 0.697. The van der Waals surface area contributed by atoms with Crippen LogP contribution in [0.1, 0.15) is 5.56 Å². The predicted octanol–water partition coefficient (Wildman–Crippen LogP) is 2.48. The van der Waals surface area contributed by atoms with E-state index in [9.17, 15) is 0 Å². The smallest absolute Gasteiger partial charge is 0.170 e.